The van der Waals surface area contributed by atoms with Gasteiger partial charge in [0.15, 0.2) is 0 Å². The maximum absolute atomic E-state index is 5.85. The van der Waals surface area contributed by atoms with Crippen molar-refractivity contribution in [1.29, 1.82) is 0 Å². The SMILES string of the molecule is CC(C)=CCC/C(C)=C/COC(C)/C=C(\C)CCC=C(C)C. The molecule has 0 aromatic carbocycles. The summed E-state index contributed by atoms with van der Waals surface area (Å²) in [5, 5.41) is 0. The van der Waals surface area contributed by atoms with E-state index in [2.05, 4.69) is 72.8 Å². The van der Waals surface area contributed by atoms with Crippen molar-refractivity contribution in [2.45, 2.75) is 80.3 Å². The third-order valence-corrected chi connectivity index (χ3v) is 3.49. The van der Waals surface area contributed by atoms with Gasteiger partial charge >= 0.3 is 0 Å². The molecule has 0 aliphatic carbocycles. The number of hydrogen-bond acceptors (Lipinski definition) is 1. The molecule has 0 N–H and O–H groups in total. The summed E-state index contributed by atoms with van der Waals surface area (Å²) in [7, 11) is 0. The third kappa shape index (κ3) is 13.9. The fourth-order valence-electron chi connectivity index (χ4n) is 2.15. The molecule has 126 valence electrons. The van der Waals surface area contributed by atoms with E-state index in [1.165, 1.54) is 22.3 Å². The predicted octanol–water partition coefficient (Wildman–Crippen LogP) is 6.78. The molecule has 1 nitrogen and oxygen atoms in total. The Morgan fingerprint density at radius 1 is 0.773 bits per heavy atom. The summed E-state index contributed by atoms with van der Waals surface area (Å²) in [5.74, 6) is 0. The maximum atomic E-state index is 5.85. The van der Waals surface area contributed by atoms with Crippen molar-refractivity contribution in [3.63, 3.8) is 0 Å². The number of hydrogen-bond donors (Lipinski definition) is 0. The van der Waals surface area contributed by atoms with E-state index >= 15 is 0 Å². The monoisotopic (exact) mass is 304 g/mol. The molecule has 0 aliphatic rings. The highest BCUT2D eigenvalue weighted by Crippen LogP contribution is 2.10. The van der Waals surface area contributed by atoms with Crippen molar-refractivity contribution in [2.75, 3.05) is 6.61 Å². The lowest BCUT2D eigenvalue weighted by Crippen LogP contribution is -2.05. The lowest BCUT2D eigenvalue weighted by Gasteiger charge is -2.09. The molecule has 0 saturated carbocycles. The van der Waals surface area contributed by atoms with Crippen LogP contribution in [0.3, 0.4) is 0 Å². The molecule has 0 bridgehead atoms. The smallest absolute Gasteiger partial charge is 0.0734 e. The molecular formula is C21H36O. The van der Waals surface area contributed by atoms with Crippen LogP contribution < -0.4 is 0 Å². The van der Waals surface area contributed by atoms with Gasteiger partial charge in [-0.05, 0) is 74.1 Å². The lowest BCUT2D eigenvalue weighted by atomic mass is 10.1. The summed E-state index contributed by atoms with van der Waals surface area (Å²) in [5.41, 5.74) is 5.61. The van der Waals surface area contributed by atoms with Gasteiger partial charge in [-0.15, -0.1) is 0 Å². The zero-order valence-electron chi connectivity index (χ0n) is 15.8. The van der Waals surface area contributed by atoms with E-state index in [1.807, 2.05) is 0 Å². The van der Waals surface area contributed by atoms with E-state index in [4.69, 9.17) is 4.74 Å². The van der Waals surface area contributed by atoms with Gasteiger partial charge in [-0.3, -0.25) is 0 Å². The molecule has 0 amide bonds. The van der Waals surface area contributed by atoms with Crippen molar-refractivity contribution in [3.8, 4) is 0 Å². The van der Waals surface area contributed by atoms with Gasteiger partial charge in [-0.25, -0.2) is 0 Å². The van der Waals surface area contributed by atoms with Gasteiger partial charge in [0.25, 0.3) is 0 Å². The fourth-order valence-corrected chi connectivity index (χ4v) is 2.15. The molecule has 0 saturated heterocycles. The number of ether oxygens (including phenoxy) is 1. The Morgan fingerprint density at radius 2 is 1.27 bits per heavy atom. The Labute approximate surface area is 138 Å². The van der Waals surface area contributed by atoms with E-state index < -0.39 is 0 Å². The Balaban J connectivity index is 4.03. The van der Waals surface area contributed by atoms with Crippen molar-refractivity contribution in [2.24, 2.45) is 0 Å². The Bertz CT molecular complexity index is 413. The Morgan fingerprint density at radius 3 is 1.77 bits per heavy atom. The minimum absolute atomic E-state index is 0.188. The zero-order chi connectivity index (χ0) is 17.0. The van der Waals surface area contributed by atoms with Gasteiger partial charge in [-0.1, -0.05) is 46.6 Å². The second-order valence-corrected chi connectivity index (χ2v) is 6.74. The highest BCUT2D eigenvalue weighted by molar-refractivity contribution is 5.05. The van der Waals surface area contributed by atoms with Gasteiger partial charge in [0, 0.05) is 0 Å². The van der Waals surface area contributed by atoms with E-state index in [-0.39, 0.29) is 6.10 Å². The minimum Gasteiger partial charge on any atom is -0.370 e. The molecule has 22 heavy (non-hydrogen) atoms. The Hall–Kier alpha value is -1.08. The summed E-state index contributed by atoms with van der Waals surface area (Å²) in [6, 6.07) is 0. The van der Waals surface area contributed by atoms with Crippen LogP contribution in [0.2, 0.25) is 0 Å². The largest absolute Gasteiger partial charge is 0.370 e. The van der Waals surface area contributed by atoms with Crippen LogP contribution in [0.15, 0.2) is 46.6 Å². The lowest BCUT2D eigenvalue weighted by molar-refractivity contribution is 0.122. The van der Waals surface area contributed by atoms with Crippen LogP contribution in [-0.4, -0.2) is 12.7 Å². The molecule has 0 spiro atoms. The van der Waals surface area contributed by atoms with Gasteiger partial charge in [-0.2, -0.15) is 0 Å². The summed E-state index contributed by atoms with van der Waals surface area (Å²) >= 11 is 0. The van der Waals surface area contributed by atoms with Crippen molar-refractivity contribution in [1.82, 2.24) is 0 Å². The molecule has 0 heterocycles. The van der Waals surface area contributed by atoms with Crippen LogP contribution in [0.5, 0.6) is 0 Å². The topological polar surface area (TPSA) is 9.23 Å². The fraction of sp³-hybridized carbons (Fsp3) is 0.619. The average Bonchev–Trinajstić information content (AvgIpc) is 2.37. The first kappa shape index (κ1) is 20.9. The summed E-state index contributed by atoms with van der Waals surface area (Å²) in [6.07, 6.45) is 13.7. The third-order valence-electron chi connectivity index (χ3n) is 3.49. The standard InChI is InChI=1S/C21H36O/c1-17(2)10-8-12-19(5)14-15-22-21(7)16-20(6)13-9-11-18(3)4/h10-11,14,16,21H,8-9,12-13,15H2,1-7H3/b19-14+,20-16+. The normalized spacial score (nSPS) is 13.8. The first-order valence-electron chi connectivity index (χ1n) is 8.52. The molecule has 1 atom stereocenters. The molecule has 1 unspecified atom stereocenters. The average molecular weight is 305 g/mol. The maximum Gasteiger partial charge on any atom is 0.0734 e. The molecule has 1 heteroatoms. The van der Waals surface area contributed by atoms with Crippen molar-refractivity contribution in [3.05, 3.63) is 46.6 Å². The summed E-state index contributed by atoms with van der Waals surface area (Å²) < 4.78 is 5.85. The number of rotatable bonds is 10. The highest BCUT2D eigenvalue weighted by atomic mass is 16.5. The van der Waals surface area contributed by atoms with Gasteiger partial charge in [0.1, 0.15) is 0 Å². The molecule has 0 aliphatic heterocycles. The first-order chi connectivity index (χ1) is 10.3. The Kier molecular flexibility index (Phi) is 11.9. The minimum atomic E-state index is 0.188. The predicted molar refractivity (Wildman–Crippen MR) is 100 cm³/mol. The molecule has 0 rings (SSSR count). The van der Waals surface area contributed by atoms with E-state index in [0.717, 1.165) is 25.7 Å². The van der Waals surface area contributed by atoms with Crippen LogP contribution >= 0.6 is 0 Å². The molecular weight excluding hydrogens is 268 g/mol. The van der Waals surface area contributed by atoms with E-state index in [9.17, 15) is 0 Å². The molecule has 0 aromatic heterocycles. The van der Waals surface area contributed by atoms with Crippen molar-refractivity contribution < 1.29 is 4.74 Å². The van der Waals surface area contributed by atoms with Gasteiger partial charge in [0.2, 0.25) is 0 Å². The van der Waals surface area contributed by atoms with Crippen LogP contribution in [0, 0.1) is 0 Å². The summed E-state index contributed by atoms with van der Waals surface area (Å²) in [4.78, 5) is 0. The zero-order valence-corrected chi connectivity index (χ0v) is 15.8. The molecule has 0 radical (unpaired) electrons. The second kappa shape index (κ2) is 12.5. The van der Waals surface area contributed by atoms with E-state index in [1.54, 1.807) is 0 Å². The second-order valence-electron chi connectivity index (χ2n) is 6.74. The van der Waals surface area contributed by atoms with E-state index in [0.29, 0.717) is 6.61 Å². The van der Waals surface area contributed by atoms with Crippen molar-refractivity contribution >= 4 is 0 Å². The van der Waals surface area contributed by atoms with Crippen LogP contribution in [-0.2, 0) is 4.74 Å². The molecule has 0 aromatic rings. The van der Waals surface area contributed by atoms with Gasteiger partial charge in [0.05, 0.1) is 12.7 Å². The van der Waals surface area contributed by atoms with Crippen LogP contribution in [0.1, 0.15) is 74.1 Å². The van der Waals surface area contributed by atoms with Crippen LogP contribution in [0.4, 0.5) is 0 Å². The molecule has 0 fully saturated rings. The summed E-state index contributed by atoms with van der Waals surface area (Å²) in [6.45, 7) is 15.8. The highest BCUT2D eigenvalue weighted by Gasteiger charge is 1.98. The van der Waals surface area contributed by atoms with Crippen LogP contribution in [0.25, 0.3) is 0 Å². The van der Waals surface area contributed by atoms with Gasteiger partial charge < -0.3 is 4.74 Å². The number of allylic oxidation sites excluding steroid dienone is 6. The quantitative estimate of drug-likeness (QED) is 0.404. The first-order valence-corrected chi connectivity index (χ1v) is 8.52.